The molecule has 0 saturated heterocycles. The van der Waals surface area contributed by atoms with Crippen molar-refractivity contribution in [3.63, 3.8) is 0 Å². The monoisotopic (exact) mass is 495 g/mol. The first-order valence-electron chi connectivity index (χ1n) is 13.3. The first-order valence-corrected chi connectivity index (χ1v) is 13.3. The van der Waals surface area contributed by atoms with Crippen molar-refractivity contribution >= 4 is 10.9 Å². The number of fused-ring (bicyclic) bond motifs is 1. The summed E-state index contributed by atoms with van der Waals surface area (Å²) in [5.41, 5.74) is 8.51. The van der Waals surface area contributed by atoms with Crippen LogP contribution in [0.5, 0.6) is 0 Å². The largest absolute Gasteiger partial charge is 0.217 e. The normalized spacial score (nSPS) is 12.9. The van der Waals surface area contributed by atoms with Crippen LogP contribution < -0.4 is 4.57 Å². The van der Waals surface area contributed by atoms with Crippen molar-refractivity contribution in [1.29, 1.82) is 0 Å². The molecule has 2 aromatic carbocycles. The molecule has 0 radical (unpaired) electrons. The topological polar surface area (TPSA) is 42.6 Å². The Labute approximate surface area is 223 Å². The van der Waals surface area contributed by atoms with Crippen LogP contribution in [0.3, 0.4) is 0 Å². The van der Waals surface area contributed by atoms with Crippen molar-refractivity contribution in [2.45, 2.75) is 92.4 Å². The number of nitrogens with zero attached hydrogens (tertiary/aromatic N) is 4. The molecule has 0 fully saturated rings. The highest BCUT2D eigenvalue weighted by molar-refractivity contribution is 5.82. The van der Waals surface area contributed by atoms with Gasteiger partial charge in [0.25, 0.3) is 0 Å². The van der Waals surface area contributed by atoms with Gasteiger partial charge in [-0.15, -0.1) is 0 Å². The zero-order valence-electron chi connectivity index (χ0n) is 24.8. The van der Waals surface area contributed by atoms with E-state index in [1.165, 1.54) is 38.9 Å². The van der Waals surface area contributed by atoms with Crippen molar-refractivity contribution in [3.05, 3.63) is 70.8 Å². The van der Waals surface area contributed by atoms with E-state index in [2.05, 4.69) is 130 Å². The molecule has 0 atom stereocenters. The predicted octanol–water partition coefficient (Wildman–Crippen LogP) is 7.69. The summed E-state index contributed by atoms with van der Waals surface area (Å²) in [6.07, 6.45) is 0. The Morgan fingerprint density at radius 3 is 1.78 bits per heavy atom. The van der Waals surface area contributed by atoms with Crippen molar-refractivity contribution in [2.75, 3.05) is 0 Å². The molecule has 0 aliphatic heterocycles. The average Bonchev–Trinajstić information content (AvgIpc) is 2.79. The molecule has 0 unspecified atom stereocenters. The molecule has 194 valence electrons. The van der Waals surface area contributed by atoms with Gasteiger partial charge >= 0.3 is 0 Å². The third-order valence-electron chi connectivity index (χ3n) is 7.22. The Bertz CT molecular complexity index is 1460. The molecule has 0 bridgehead atoms. The molecule has 37 heavy (non-hydrogen) atoms. The van der Waals surface area contributed by atoms with E-state index >= 15 is 0 Å². The minimum atomic E-state index is -0.159. The lowest BCUT2D eigenvalue weighted by molar-refractivity contribution is -0.633. The van der Waals surface area contributed by atoms with Crippen LogP contribution in [0.2, 0.25) is 0 Å². The van der Waals surface area contributed by atoms with Gasteiger partial charge in [0.2, 0.25) is 11.2 Å². The number of benzene rings is 2. The fourth-order valence-electron chi connectivity index (χ4n) is 4.55. The van der Waals surface area contributed by atoms with Gasteiger partial charge in [0, 0.05) is 39.5 Å². The second-order valence-electron chi connectivity index (χ2n) is 13.6. The SMILES string of the molecule is Cc1cc(C(C)(C)C)cc(-c2ccc3cc(-c4nc(C(C)(C)C)nc(C(C)(C)C)n4)ccc3[n+]2C)c1C. The Morgan fingerprint density at radius 2 is 1.24 bits per heavy atom. The molecular weight excluding hydrogens is 452 g/mol. The maximum atomic E-state index is 4.91. The molecule has 0 spiro atoms. The van der Waals surface area contributed by atoms with Crippen LogP contribution in [0.1, 0.15) is 90.7 Å². The highest BCUT2D eigenvalue weighted by Crippen LogP contribution is 2.33. The van der Waals surface area contributed by atoms with Gasteiger partial charge < -0.3 is 0 Å². The van der Waals surface area contributed by atoms with E-state index in [9.17, 15) is 0 Å². The number of hydrogen-bond acceptors (Lipinski definition) is 3. The van der Waals surface area contributed by atoms with E-state index in [1.54, 1.807) is 0 Å². The van der Waals surface area contributed by atoms with Crippen LogP contribution in [0, 0.1) is 13.8 Å². The van der Waals surface area contributed by atoms with E-state index < -0.39 is 0 Å². The number of aryl methyl sites for hydroxylation is 2. The van der Waals surface area contributed by atoms with Crippen LogP contribution >= 0.6 is 0 Å². The smallest absolute Gasteiger partial charge is 0.213 e. The zero-order chi connectivity index (χ0) is 27.5. The fraction of sp³-hybridized carbons (Fsp3) is 0.455. The van der Waals surface area contributed by atoms with Crippen molar-refractivity contribution < 1.29 is 4.57 Å². The Kier molecular flexibility index (Phi) is 6.55. The fourth-order valence-corrected chi connectivity index (χ4v) is 4.55. The van der Waals surface area contributed by atoms with E-state index in [4.69, 9.17) is 15.0 Å². The van der Waals surface area contributed by atoms with Gasteiger partial charge in [0.1, 0.15) is 18.7 Å². The minimum Gasteiger partial charge on any atom is -0.217 e. The summed E-state index contributed by atoms with van der Waals surface area (Å²) >= 11 is 0. The highest BCUT2D eigenvalue weighted by atomic mass is 15.1. The summed E-state index contributed by atoms with van der Waals surface area (Å²) in [6.45, 7) is 24.2. The molecule has 2 aromatic heterocycles. The van der Waals surface area contributed by atoms with Crippen molar-refractivity contribution in [3.8, 4) is 22.6 Å². The van der Waals surface area contributed by atoms with Crippen LogP contribution in [0.15, 0.2) is 42.5 Å². The van der Waals surface area contributed by atoms with Crippen molar-refractivity contribution in [2.24, 2.45) is 7.05 Å². The summed E-state index contributed by atoms with van der Waals surface area (Å²) in [6, 6.07) is 15.7. The Balaban J connectivity index is 1.87. The summed E-state index contributed by atoms with van der Waals surface area (Å²) in [4.78, 5) is 14.7. The molecule has 0 amide bonds. The lowest BCUT2D eigenvalue weighted by Gasteiger charge is -2.22. The maximum absolute atomic E-state index is 4.91. The van der Waals surface area contributed by atoms with Gasteiger partial charge in [-0.2, -0.15) is 4.57 Å². The van der Waals surface area contributed by atoms with Gasteiger partial charge in [0.05, 0.1) is 0 Å². The third kappa shape index (κ3) is 5.30. The summed E-state index contributed by atoms with van der Waals surface area (Å²) in [5.74, 6) is 2.39. The predicted molar refractivity (Wildman–Crippen MR) is 155 cm³/mol. The second-order valence-corrected chi connectivity index (χ2v) is 13.6. The van der Waals surface area contributed by atoms with Crippen LogP contribution in [0.4, 0.5) is 0 Å². The highest BCUT2D eigenvalue weighted by Gasteiger charge is 2.26. The molecule has 0 aliphatic carbocycles. The quantitative estimate of drug-likeness (QED) is 0.268. The van der Waals surface area contributed by atoms with Gasteiger partial charge in [-0.05, 0) is 60.2 Å². The van der Waals surface area contributed by atoms with Crippen LogP contribution in [-0.2, 0) is 23.3 Å². The van der Waals surface area contributed by atoms with E-state index in [0.29, 0.717) is 0 Å². The Morgan fingerprint density at radius 1 is 0.649 bits per heavy atom. The third-order valence-corrected chi connectivity index (χ3v) is 7.22. The summed E-state index contributed by atoms with van der Waals surface area (Å²) < 4.78 is 2.31. The summed E-state index contributed by atoms with van der Waals surface area (Å²) in [5, 5.41) is 1.17. The molecule has 4 aromatic rings. The summed E-state index contributed by atoms with van der Waals surface area (Å²) in [7, 11) is 2.16. The first-order chi connectivity index (χ1) is 17.0. The van der Waals surface area contributed by atoms with Crippen LogP contribution in [-0.4, -0.2) is 15.0 Å². The molecule has 4 nitrogen and oxygen atoms in total. The lowest BCUT2D eigenvalue weighted by Crippen LogP contribution is -2.32. The molecule has 0 N–H and O–H groups in total. The van der Waals surface area contributed by atoms with Gasteiger partial charge in [-0.1, -0.05) is 68.4 Å². The van der Waals surface area contributed by atoms with Crippen molar-refractivity contribution in [1.82, 2.24) is 15.0 Å². The molecular formula is C33H43N4+. The zero-order valence-corrected chi connectivity index (χ0v) is 24.8. The molecule has 0 aliphatic rings. The lowest BCUT2D eigenvalue weighted by atomic mass is 9.83. The van der Waals surface area contributed by atoms with Crippen LogP contribution in [0.25, 0.3) is 33.5 Å². The second kappa shape index (κ2) is 9.01. The first kappa shape index (κ1) is 26.9. The van der Waals surface area contributed by atoms with E-state index in [1.807, 2.05) is 0 Å². The van der Waals surface area contributed by atoms with E-state index in [0.717, 1.165) is 23.0 Å². The average molecular weight is 496 g/mol. The standard InChI is InChI=1S/C33H43N4/c1-20-17-24(31(3,4)5)19-25(21(20)2)27-16-13-22-18-23(14-15-26(22)37(27)12)28-34-29(32(6,7)8)36-30(35-28)33(9,10)11/h13-19H,1-12H3/q+1. The van der Waals surface area contributed by atoms with Gasteiger partial charge in [0.15, 0.2) is 5.82 Å². The molecule has 0 saturated carbocycles. The number of aromatic nitrogens is 4. The minimum absolute atomic E-state index is 0.0971. The van der Waals surface area contributed by atoms with E-state index in [-0.39, 0.29) is 16.2 Å². The van der Waals surface area contributed by atoms with Gasteiger partial charge in [-0.3, -0.25) is 0 Å². The van der Waals surface area contributed by atoms with Gasteiger partial charge in [-0.25, -0.2) is 15.0 Å². The number of hydrogen-bond donors (Lipinski definition) is 0. The number of pyridine rings is 1. The number of rotatable bonds is 2. The molecule has 4 rings (SSSR count). The molecule has 2 heterocycles. The Hall–Kier alpha value is -3.14. The molecule has 4 heteroatoms. The maximum Gasteiger partial charge on any atom is 0.213 e.